The summed E-state index contributed by atoms with van der Waals surface area (Å²) in [5.74, 6) is 0.865. The molecule has 3 aromatic heterocycles. The van der Waals surface area contributed by atoms with Crippen LogP contribution in [0.1, 0.15) is 18.5 Å². The Hall–Kier alpha value is -3.07. The fourth-order valence-electron chi connectivity index (χ4n) is 3.53. The molecule has 0 bridgehead atoms. The van der Waals surface area contributed by atoms with Gasteiger partial charge in [-0.2, -0.15) is 10.2 Å². The van der Waals surface area contributed by atoms with Crippen molar-refractivity contribution in [1.82, 2.24) is 25.3 Å². The van der Waals surface area contributed by atoms with Gasteiger partial charge in [-0.15, -0.1) is 16.4 Å². The molecule has 0 spiro atoms. The van der Waals surface area contributed by atoms with E-state index in [4.69, 9.17) is 0 Å². The molecule has 1 aliphatic heterocycles. The average Bonchev–Trinajstić information content (AvgIpc) is 3.31. The van der Waals surface area contributed by atoms with Crippen molar-refractivity contribution in [2.45, 2.75) is 26.3 Å². The second-order valence-corrected chi connectivity index (χ2v) is 8.29. The molecule has 9 heteroatoms. The molecule has 4 rings (SSSR count). The van der Waals surface area contributed by atoms with Gasteiger partial charge >= 0.3 is 0 Å². The second kappa shape index (κ2) is 9.17. The van der Waals surface area contributed by atoms with Gasteiger partial charge in [-0.1, -0.05) is 6.07 Å². The van der Waals surface area contributed by atoms with Crippen molar-refractivity contribution in [2.24, 2.45) is 5.92 Å². The van der Waals surface area contributed by atoms with Crippen molar-refractivity contribution >= 4 is 23.1 Å². The number of thiophene rings is 1. The van der Waals surface area contributed by atoms with E-state index in [2.05, 4.69) is 25.5 Å². The monoisotopic (exact) mass is 424 g/mol. The van der Waals surface area contributed by atoms with E-state index in [0.717, 1.165) is 48.0 Å². The number of carbonyl (C=O) groups is 1. The number of amides is 1. The number of rotatable bonds is 6. The summed E-state index contributed by atoms with van der Waals surface area (Å²) in [6.45, 7) is 4.19. The molecular formula is C21H24N6O2S. The molecule has 1 amide bonds. The highest BCUT2D eigenvalue weighted by molar-refractivity contribution is 7.13. The first-order chi connectivity index (χ1) is 14.6. The van der Waals surface area contributed by atoms with Gasteiger partial charge < -0.3 is 10.2 Å². The van der Waals surface area contributed by atoms with Gasteiger partial charge in [0.1, 0.15) is 5.69 Å². The minimum atomic E-state index is -0.169. The Balaban J connectivity index is 1.27. The highest BCUT2D eigenvalue weighted by Gasteiger charge is 2.25. The van der Waals surface area contributed by atoms with Gasteiger partial charge in [0.2, 0.25) is 5.91 Å². The predicted octanol–water partition coefficient (Wildman–Crippen LogP) is 2.10. The van der Waals surface area contributed by atoms with Crippen LogP contribution in [-0.4, -0.2) is 45.5 Å². The van der Waals surface area contributed by atoms with Crippen molar-refractivity contribution in [1.29, 1.82) is 0 Å². The van der Waals surface area contributed by atoms with Crippen LogP contribution in [0.2, 0.25) is 0 Å². The lowest BCUT2D eigenvalue weighted by Gasteiger charge is -2.31. The molecule has 0 aliphatic carbocycles. The molecule has 1 N–H and O–H groups in total. The third-order valence-electron chi connectivity index (χ3n) is 5.24. The molecule has 0 aromatic carbocycles. The fourth-order valence-corrected chi connectivity index (χ4v) is 4.22. The van der Waals surface area contributed by atoms with Gasteiger partial charge in [-0.05, 0) is 49.4 Å². The van der Waals surface area contributed by atoms with E-state index in [1.807, 2.05) is 36.6 Å². The maximum absolute atomic E-state index is 12.6. The first-order valence-corrected chi connectivity index (χ1v) is 10.9. The van der Waals surface area contributed by atoms with Crippen LogP contribution < -0.4 is 15.8 Å². The molecule has 30 heavy (non-hydrogen) atoms. The molecular weight excluding hydrogens is 400 g/mol. The van der Waals surface area contributed by atoms with Crippen LogP contribution in [-0.2, 0) is 11.3 Å². The van der Waals surface area contributed by atoms with Crippen LogP contribution in [0.15, 0.2) is 46.6 Å². The molecule has 0 saturated carbocycles. The lowest BCUT2D eigenvalue weighted by atomic mass is 9.96. The Kier molecular flexibility index (Phi) is 6.18. The van der Waals surface area contributed by atoms with E-state index in [0.29, 0.717) is 13.1 Å². The maximum Gasteiger partial charge on any atom is 0.266 e. The van der Waals surface area contributed by atoms with Crippen LogP contribution in [0.4, 0.5) is 5.82 Å². The highest BCUT2D eigenvalue weighted by atomic mass is 32.1. The standard InChI is InChI=1S/C21H24N6O2S/c1-15-4-6-19(24-23-15)26-11-8-16(9-12-26)21(29)22-10-13-27-20(28)7-5-17(25-27)18-3-2-14-30-18/h2-7,14,16H,8-13H2,1H3,(H,22,29). The average molecular weight is 425 g/mol. The Labute approximate surface area is 178 Å². The number of piperidine rings is 1. The van der Waals surface area contributed by atoms with Gasteiger partial charge in [0, 0.05) is 31.6 Å². The fraction of sp³-hybridized carbons (Fsp3) is 0.381. The number of nitrogens with zero attached hydrogens (tertiary/aromatic N) is 5. The lowest BCUT2D eigenvalue weighted by Crippen LogP contribution is -2.42. The van der Waals surface area contributed by atoms with E-state index in [-0.39, 0.29) is 17.4 Å². The summed E-state index contributed by atoms with van der Waals surface area (Å²) in [7, 11) is 0. The van der Waals surface area contributed by atoms with Crippen molar-refractivity contribution < 1.29 is 4.79 Å². The smallest absolute Gasteiger partial charge is 0.266 e. The summed E-state index contributed by atoms with van der Waals surface area (Å²) in [4.78, 5) is 27.8. The zero-order valence-electron chi connectivity index (χ0n) is 16.8. The summed E-state index contributed by atoms with van der Waals surface area (Å²) in [5, 5.41) is 17.7. The van der Waals surface area contributed by atoms with Crippen LogP contribution in [0.5, 0.6) is 0 Å². The number of aryl methyl sites for hydroxylation is 1. The van der Waals surface area contributed by atoms with E-state index in [9.17, 15) is 9.59 Å². The molecule has 4 heterocycles. The third kappa shape index (κ3) is 4.73. The van der Waals surface area contributed by atoms with Gasteiger partial charge in [0.25, 0.3) is 5.56 Å². The van der Waals surface area contributed by atoms with E-state index >= 15 is 0 Å². The number of carbonyl (C=O) groups excluding carboxylic acids is 1. The number of hydrogen-bond acceptors (Lipinski definition) is 7. The van der Waals surface area contributed by atoms with Crippen molar-refractivity contribution in [3.05, 3.63) is 57.8 Å². The molecule has 156 valence electrons. The lowest BCUT2D eigenvalue weighted by molar-refractivity contribution is -0.125. The molecule has 1 aliphatic rings. The van der Waals surface area contributed by atoms with Crippen molar-refractivity contribution in [3.63, 3.8) is 0 Å². The van der Waals surface area contributed by atoms with Gasteiger partial charge in [0.15, 0.2) is 5.82 Å². The molecule has 0 unspecified atom stereocenters. The maximum atomic E-state index is 12.6. The summed E-state index contributed by atoms with van der Waals surface area (Å²) < 4.78 is 1.41. The molecule has 3 aromatic rings. The van der Waals surface area contributed by atoms with Gasteiger partial charge in [-0.25, -0.2) is 4.68 Å². The van der Waals surface area contributed by atoms with Crippen LogP contribution in [0.25, 0.3) is 10.6 Å². The van der Waals surface area contributed by atoms with Crippen molar-refractivity contribution in [2.75, 3.05) is 24.5 Å². The third-order valence-corrected chi connectivity index (χ3v) is 6.13. The Morgan fingerprint density at radius 1 is 1.17 bits per heavy atom. The van der Waals surface area contributed by atoms with E-state index < -0.39 is 0 Å². The van der Waals surface area contributed by atoms with Crippen molar-refractivity contribution in [3.8, 4) is 10.6 Å². The summed E-state index contributed by atoms with van der Waals surface area (Å²) >= 11 is 1.58. The summed E-state index contributed by atoms with van der Waals surface area (Å²) in [6, 6.07) is 11.1. The Morgan fingerprint density at radius 3 is 2.70 bits per heavy atom. The molecule has 0 radical (unpaired) electrons. The zero-order chi connectivity index (χ0) is 20.9. The minimum absolute atomic E-state index is 0.0261. The SMILES string of the molecule is Cc1ccc(N2CCC(C(=O)NCCn3nc(-c4cccs4)ccc3=O)CC2)nn1. The zero-order valence-corrected chi connectivity index (χ0v) is 17.6. The van der Waals surface area contributed by atoms with Crippen LogP contribution in [0, 0.1) is 12.8 Å². The highest BCUT2D eigenvalue weighted by Crippen LogP contribution is 2.22. The van der Waals surface area contributed by atoms with E-state index in [1.54, 1.807) is 17.4 Å². The largest absolute Gasteiger partial charge is 0.355 e. The van der Waals surface area contributed by atoms with Crippen LogP contribution in [0.3, 0.4) is 0 Å². The summed E-state index contributed by atoms with van der Waals surface area (Å²) in [5.41, 5.74) is 1.49. The topological polar surface area (TPSA) is 93.0 Å². The van der Waals surface area contributed by atoms with Gasteiger partial charge in [-0.3, -0.25) is 9.59 Å². The quantitative estimate of drug-likeness (QED) is 0.651. The Bertz CT molecular complexity index is 1040. The first kappa shape index (κ1) is 20.2. The molecule has 0 atom stereocenters. The molecule has 8 nitrogen and oxygen atoms in total. The molecule has 1 saturated heterocycles. The second-order valence-electron chi connectivity index (χ2n) is 7.34. The number of nitrogens with one attached hydrogen (secondary N) is 1. The Morgan fingerprint density at radius 2 is 2.00 bits per heavy atom. The van der Waals surface area contributed by atoms with E-state index in [1.165, 1.54) is 10.7 Å². The first-order valence-electron chi connectivity index (χ1n) is 10.1. The number of anilines is 1. The predicted molar refractivity (Wildman–Crippen MR) is 117 cm³/mol. The minimum Gasteiger partial charge on any atom is -0.355 e. The normalized spacial score (nSPS) is 14.6. The van der Waals surface area contributed by atoms with Crippen LogP contribution >= 0.6 is 11.3 Å². The number of hydrogen-bond donors (Lipinski definition) is 1. The van der Waals surface area contributed by atoms with Gasteiger partial charge in [0.05, 0.1) is 17.1 Å². The number of aromatic nitrogens is 4. The summed E-state index contributed by atoms with van der Waals surface area (Å²) in [6.07, 6.45) is 1.54. The molecule has 1 fully saturated rings.